The van der Waals surface area contributed by atoms with Crippen molar-refractivity contribution in [2.45, 2.75) is 10.9 Å². The Hall–Kier alpha value is -0.780. The van der Waals surface area contributed by atoms with Gasteiger partial charge in [-0.05, 0) is 40.9 Å². The molecule has 0 radical (unpaired) electrons. The van der Waals surface area contributed by atoms with E-state index in [-0.39, 0.29) is 6.04 Å². The van der Waals surface area contributed by atoms with E-state index < -0.39 is 0 Å². The van der Waals surface area contributed by atoms with Gasteiger partial charge in [-0.2, -0.15) is 5.10 Å². The summed E-state index contributed by atoms with van der Waals surface area (Å²) < 4.78 is 2.93. The van der Waals surface area contributed by atoms with Crippen LogP contribution in [-0.4, -0.2) is 23.1 Å². The summed E-state index contributed by atoms with van der Waals surface area (Å²) in [6, 6.07) is 8.58. The molecule has 2 aromatic rings. The predicted octanol–water partition coefficient (Wildman–Crippen LogP) is 3.21. The van der Waals surface area contributed by atoms with Gasteiger partial charge in [0.25, 0.3) is 0 Å². The lowest BCUT2D eigenvalue weighted by Crippen LogP contribution is -2.21. The molecule has 1 N–H and O–H groups in total. The second-order valence-corrected chi connectivity index (χ2v) is 5.67. The van der Waals surface area contributed by atoms with Crippen LogP contribution in [0.4, 0.5) is 0 Å². The van der Waals surface area contributed by atoms with Gasteiger partial charge in [0, 0.05) is 11.9 Å². The van der Waals surface area contributed by atoms with Crippen molar-refractivity contribution >= 4 is 27.7 Å². The fraction of sp³-hybridized carbons (Fsp3) is 0.308. The minimum atomic E-state index is 0.135. The molecule has 0 saturated heterocycles. The molecule has 0 saturated carbocycles. The first-order valence-corrected chi connectivity index (χ1v) is 7.68. The zero-order valence-corrected chi connectivity index (χ0v) is 13.0. The Morgan fingerprint density at radius 1 is 1.39 bits per heavy atom. The van der Waals surface area contributed by atoms with Crippen LogP contribution in [-0.2, 0) is 7.05 Å². The number of aryl methyl sites for hydroxylation is 1. The molecule has 1 heterocycles. The van der Waals surface area contributed by atoms with Crippen LogP contribution in [0.15, 0.2) is 39.8 Å². The number of hydrogen-bond donors (Lipinski definition) is 1. The maximum Gasteiger partial charge on any atom is 0.0768 e. The Balaban J connectivity index is 2.52. The minimum Gasteiger partial charge on any atom is -0.308 e. The molecule has 1 atom stereocenters. The van der Waals surface area contributed by atoms with Gasteiger partial charge in [-0.15, -0.1) is 11.8 Å². The van der Waals surface area contributed by atoms with E-state index in [1.807, 2.05) is 25.0 Å². The van der Waals surface area contributed by atoms with Crippen LogP contribution < -0.4 is 5.32 Å². The molecule has 1 aromatic heterocycles. The number of thioether (sulfide) groups is 1. The van der Waals surface area contributed by atoms with Gasteiger partial charge in [-0.25, -0.2) is 0 Å². The fourth-order valence-electron chi connectivity index (χ4n) is 2.09. The normalized spacial score (nSPS) is 12.7. The van der Waals surface area contributed by atoms with Gasteiger partial charge in [-0.1, -0.05) is 18.2 Å². The van der Waals surface area contributed by atoms with Crippen LogP contribution in [0.1, 0.15) is 17.3 Å². The van der Waals surface area contributed by atoms with Gasteiger partial charge >= 0.3 is 0 Å². The van der Waals surface area contributed by atoms with Gasteiger partial charge in [0.15, 0.2) is 0 Å². The van der Waals surface area contributed by atoms with Crippen LogP contribution in [0.5, 0.6) is 0 Å². The summed E-state index contributed by atoms with van der Waals surface area (Å²) in [6.07, 6.45) is 3.94. The molecule has 0 fully saturated rings. The molecular weight excluding hydrogens is 310 g/mol. The van der Waals surface area contributed by atoms with Crippen LogP contribution in [0.25, 0.3) is 0 Å². The highest BCUT2D eigenvalue weighted by atomic mass is 79.9. The third-order valence-corrected chi connectivity index (χ3v) is 4.37. The van der Waals surface area contributed by atoms with E-state index in [0.29, 0.717) is 0 Å². The lowest BCUT2D eigenvalue weighted by Gasteiger charge is -2.20. The van der Waals surface area contributed by atoms with Gasteiger partial charge in [-0.3, -0.25) is 4.68 Å². The number of rotatable bonds is 4. The van der Waals surface area contributed by atoms with Crippen molar-refractivity contribution in [2.75, 3.05) is 13.3 Å². The third-order valence-electron chi connectivity index (χ3n) is 2.95. The summed E-state index contributed by atoms with van der Waals surface area (Å²) in [7, 11) is 3.94. The van der Waals surface area contributed by atoms with Gasteiger partial charge in [0.2, 0.25) is 0 Å². The molecule has 1 aromatic carbocycles. The molecule has 2 rings (SSSR count). The van der Waals surface area contributed by atoms with E-state index in [0.717, 1.165) is 10.2 Å². The third kappa shape index (κ3) is 2.48. The lowest BCUT2D eigenvalue weighted by atomic mass is 10.0. The van der Waals surface area contributed by atoms with E-state index >= 15 is 0 Å². The maximum atomic E-state index is 4.29. The quantitative estimate of drug-likeness (QED) is 0.875. The van der Waals surface area contributed by atoms with Gasteiger partial charge in [0.1, 0.15) is 0 Å². The number of benzene rings is 1. The topological polar surface area (TPSA) is 29.9 Å². The molecule has 0 aliphatic carbocycles. The first kappa shape index (κ1) is 13.6. The summed E-state index contributed by atoms with van der Waals surface area (Å²) in [5, 5.41) is 7.66. The summed E-state index contributed by atoms with van der Waals surface area (Å²) in [6.45, 7) is 0. The average Bonchev–Trinajstić information content (AvgIpc) is 2.72. The van der Waals surface area contributed by atoms with E-state index in [2.05, 4.69) is 56.9 Å². The molecule has 0 bridgehead atoms. The van der Waals surface area contributed by atoms with E-state index in [9.17, 15) is 0 Å². The van der Waals surface area contributed by atoms with Gasteiger partial charge < -0.3 is 5.32 Å². The number of nitrogens with zero attached hydrogens (tertiary/aromatic N) is 2. The van der Waals surface area contributed by atoms with Crippen molar-refractivity contribution in [3.05, 3.63) is 46.2 Å². The van der Waals surface area contributed by atoms with Crippen molar-refractivity contribution in [2.24, 2.45) is 7.05 Å². The second-order valence-electron chi connectivity index (χ2n) is 3.96. The molecule has 0 amide bonds. The highest BCUT2D eigenvalue weighted by molar-refractivity contribution is 9.10. The largest absolute Gasteiger partial charge is 0.308 e. The molecule has 1 unspecified atom stereocenters. The number of nitrogens with one attached hydrogen (secondary N) is 1. The van der Waals surface area contributed by atoms with Crippen LogP contribution in [0.3, 0.4) is 0 Å². The molecule has 0 spiro atoms. The summed E-state index contributed by atoms with van der Waals surface area (Å²) in [5.41, 5.74) is 2.41. The smallest absolute Gasteiger partial charge is 0.0768 e. The van der Waals surface area contributed by atoms with E-state index in [1.165, 1.54) is 10.5 Å². The van der Waals surface area contributed by atoms with E-state index in [1.54, 1.807) is 11.8 Å². The first-order chi connectivity index (χ1) is 8.69. The lowest BCUT2D eigenvalue weighted by molar-refractivity contribution is 0.597. The summed E-state index contributed by atoms with van der Waals surface area (Å²) >= 11 is 5.34. The molecule has 18 heavy (non-hydrogen) atoms. The standard InChI is InChI=1S/C13H16BrN3S/c1-15-12(13-10(14)8-16-17(13)2)9-6-4-5-7-11(9)18-3/h4-8,12,15H,1-3H3. The molecule has 0 aliphatic rings. The zero-order chi connectivity index (χ0) is 13.1. The Bertz CT molecular complexity index is 519. The molecule has 5 heteroatoms. The van der Waals surface area contributed by atoms with Crippen molar-refractivity contribution in [1.29, 1.82) is 0 Å². The molecule has 96 valence electrons. The second kappa shape index (κ2) is 5.91. The SMILES string of the molecule is CNC(c1ccccc1SC)c1c(Br)cnn1C. The Kier molecular flexibility index (Phi) is 4.48. The molecule has 0 aliphatic heterocycles. The number of halogens is 1. The van der Waals surface area contributed by atoms with Crippen LogP contribution in [0.2, 0.25) is 0 Å². The highest BCUT2D eigenvalue weighted by Gasteiger charge is 2.21. The minimum absolute atomic E-state index is 0.135. The first-order valence-electron chi connectivity index (χ1n) is 5.66. The number of hydrogen-bond acceptors (Lipinski definition) is 3. The molecular formula is C13H16BrN3S. The van der Waals surface area contributed by atoms with Crippen molar-refractivity contribution < 1.29 is 0 Å². The zero-order valence-electron chi connectivity index (χ0n) is 10.6. The van der Waals surface area contributed by atoms with Crippen LogP contribution >= 0.6 is 27.7 Å². The molecule has 3 nitrogen and oxygen atoms in total. The fourth-order valence-corrected chi connectivity index (χ4v) is 3.30. The Morgan fingerprint density at radius 2 is 2.11 bits per heavy atom. The van der Waals surface area contributed by atoms with E-state index in [4.69, 9.17) is 0 Å². The van der Waals surface area contributed by atoms with Crippen molar-refractivity contribution in [3.63, 3.8) is 0 Å². The monoisotopic (exact) mass is 325 g/mol. The van der Waals surface area contributed by atoms with Crippen molar-refractivity contribution in [1.82, 2.24) is 15.1 Å². The maximum absolute atomic E-state index is 4.29. The average molecular weight is 326 g/mol. The van der Waals surface area contributed by atoms with Crippen molar-refractivity contribution in [3.8, 4) is 0 Å². The Labute approximate surface area is 120 Å². The van der Waals surface area contributed by atoms with Gasteiger partial charge in [0.05, 0.1) is 22.4 Å². The number of aromatic nitrogens is 2. The van der Waals surface area contributed by atoms with Crippen LogP contribution in [0, 0.1) is 0 Å². The summed E-state index contributed by atoms with van der Waals surface area (Å²) in [5.74, 6) is 0. The highest BCUT2D eigenvalue weighted by Crippen LogP contribution is 2.32. The summed E-state index contributed by atoms with van der Waals surface area (Å²) in [4.78, 5) is 1.28. The predicted molar refractivity (Wildman–Crippen MR) is 80.0 cm³/mol. The Morgan fingerprint density at radius 3 is 2.67 bits per heavy atom.